The van der Waals surface area contributed by atoms with E-state index >= 15 is 0 Å². The molecule has 0 spiro atoms. The van der Waals surface area contributed by atoms with Gasteiger partial charge in [-0.05, 0) is 11.8 Å². The van der Waals surface area contributed by atoms with Crippen molar-refractivity contribution in [1.82, 2.24) is 4.98 Å². The molecule has 1 aromatic rings. The third-order valence-corrected chi connectivity index (χ3v) is 3.86. The predicted octanol–water partition coefficient (Wildman–Crippen LogP) is 2.03. The Balaban J connectivity index is 2.26. The Morgan fingerprint density at radius 2 is 2.27 bits per heavy atom. The fraction of sp³-hybridized carbons (Fsp3) is 0.600. The number of ether oxygens (including phenoxy) is 1. The van der Waals surface area contributed by atoms with Crippen LogP contribution < -0.4 is 5.73 Å². The fourth-order valence-corrected chi connectivity index (χ4v) is 2.76. The van der Waals surface area contributed by atoms with Gasteiger partial charge in [-0.3, -0.25) is 0 Å². The summed E-state index contributed by atoms with van der Waals surface area (Å²) in [4.78, 5) is 15.6. The van der Waals surface area contributed by atoms with Crippen molar-refractivity contribution in [3.05, 3.63) is 10.7 Å². The smallest absolute Gasteiger partial charge is 0.359 e. The molecule has 2 N–H and O–H groups in total. The van der Waals surface area contributed by atoms with E-state index in [1.54, 1.807) is 0 Å². The van der Waals surface area contributed by atoms with Gasteiger partial charge in [0, 0.05) is 5.92 Å². The van der Waals surface area contributed by atoms with Gasteiger partial charge in [-0.15, -0.1) is 11.3 Å². The number of nitrogens with zero attached hydrogens (tertiary/aromatic N) is 1. The van der Waals surface area contributed by atoms with Crippen molar-refractivity contribution in [3.8, 4) is 0 Å². The summed E-state index contributed by atoms with van der Waals surface area (Å²) in [5.74, 6) is -0.00309. The van der Waals surface area contributed by atoms with Gasteiger partial charge in [-0.2, -0.15) is 0 Å². The molecule has 0 aliphatic heterocycles. The van der Waals surface area contributed by atoms with E-state index in [0.29, 0.717) is 16.3 Å². The maximum atomic E-state index is 11.3. The molecule has 1 unspecified atom stereocenters. The molecule has 0 bridgehead atoms. The minimum Gasteiger partial charge on any atom is -0.464 e. The molecule has 1 saturated carbocycles. The third kappa shape index (κ3) is 1.71. The maximum Gasteiger partial charge on any atom is 0.359 e. The van der Waals surface area contributed by atoms with Gasteiger partial charge in [0.25, 0.3) is 0 Å². The number of esters is 1. The molecular formula is C10H14N2O2S. The molecule has 1 atom stereocenters. The Labute approximate surface area is 92.5 Å². The number of rotatable bonds is 2. The average Bonchev–Trinajstić information content (AvgIpc) is 2.64. The molecule has 1 heterocycles. The van der Waals surface area contributed by atoms with Gasteiger partial charge >= 0.3 is 5.97 Å². The lowest BCUT2D eigenvalue weighted by Crippen LogP contribution is -2.04. The molecule has 82 valence electrons. The first kappa shape index (κ1) is 10.4. The highest BCUT2D eigenvalue weighted by atomic mass is 32.1. The molecule has 5 heteroatoms. The highest BCUT2D eigenvalue weighted by Gasteiger charge is 2.48. The lowest BCUT2D eigenvalue weighted by atomic mass is 10.1. The number of anilines is 1. The summed E-state index contributed by atoms with van der Waals surface area (Å²) in [7, 11) is 1.34. The molecule has 2 rings (SSSR count). The van der Waals surface area contributed by atoms with Gasteiger partial charge < -0.3 is 10.5 Å². The summed E-state index contributed by atoms with van der Waals surface area (Å²) in [6, 6.07) is 0. The molecular weight excluding hydrogens is 212 g/mol. The second-order valence-electron chi connectivity index (χ2n) is 4.50. The van der Waals surface area contributed by atoms with E-state index < -0.39 is 5.97 Å². The van der Waals surface area contributed by atoms with E-state index in [4.69, 9.17) is 5.73 Å². The zero-order valence-electron chi connectivity index (χ0n) is 9.03. The summed E-state index contributed by atoms with van der Waals surface area (Å²) >= 11 is 1.40. The topological polar surface area (TPSA) is 65.2 Å². The van der Waals surface area contributed by atoms with Gasteiger partial charge in [0.15, 0.2) is 5.69 Å². The summed E-state index contributed by atoms with van der Waals surface area (Å²) in [5.41, 5.74) is 6.29. The highest BCUT2D eigenvalue weighted by molar-refractivity contribution is 7.16. The van der Waals surface area contributed by atoms with Crippen LogP contribution in [0.4, 0.5) is 5.00 Å². The molecule has 1 aliphatic carbocycles. The van der Waals surface area contributed by atoms with Crippen LogP contribution >= 0.6 is 11.3 Å². The van der Waals surface area contributed by atoms with Crippen molar-refractivity contribution < 1.29 is 9.53 Å². The Morgan fingerprint density at radius 1 is 1.67 bits per heavy atom. The zero-order valence-corrected chi connectivity index (χ0v) is 9.85. The van der Waals surface area contributed by atoms with Crippen molar-refractivity contribution in [3.63, 3.8) is 0 Å². The SMILES string of the molecule is COC(=O)c1nc(C2CC2(C)C)sc1N. The fourth-order valence-electron chi connectivity index (χ4n) is 1.63. The number of thiazole rings is 1. The van der Waals surface area contributed by atoms with Crippen LogP contribution in [-0.2, 0) is 4.74 Å². The van der Waals surface area contributed by atoms with E-state index in [-0.39, 0.29) is 5.69 Å². The lowest BCUT2D eigenvalue weighted by molar-refractivity contribution is 0.0596. The monoisotopic (exact) mass is 226 g/mol. The number of nitrogens with two attached hydrogens (primary N) is 1. The minimum atomic E-state index is -0.451. The second-order valence-corrected chi connectivity index (χ2v) is 5.56. The van der Waals surface area contributed by atoms with Gasteiger partial charge in [0.2, 0.25) is 0 Å². The Morgan fingerprint density at radius 3 is 2.73 bits per heavy atom. The van der Waals surface area contributed by atoms with Crippen LogP contribution in [0.5, 0.6) is 0 Å². The molecule has 1 aromatic heterocycles. The summed E-state index contributed by atoms with van der Waals surface area (Å²) in [6.07, 6.45) is 1.11. The van der Waals surface area contributed by atoms with Crippen LogP contribution in [0.25, 0.3) is 0 Å². The molecule has 0 aromatic carbocycles. The number of aromatic nitrogens is 1. The average molecular weight is 226 g/mol. The number of hydrogen-bond acceptors (Lipinski definition) is 5. The molecule has 15 heavy (non-hydrogen) atoms. The van der Waals surface area contributed by atoms with Crippen LogP contribution in [0.15, 0.2) is 0 Å². The second kappa shape index (κ2) is 3.20. The quantitative estimate of drug-likeness (QED) is 0.783. The van der Waals surface area contributed by atoms with E-state index in [1.165, 1.54) is 18.4 Å². The third-order valence-electron chi connectivity index (χ3n) is 2.86. The molecule has 0 radical (unpaired) electrons. The standard InChI is InChI=1S/C10H14N2O2S/c1-10(2)4-5(10)8-12-6(7(11)15-8)9(13)14-3/h5H,4,11H2,1-3H3. The Kier molecular flexibility index (Phi) is 2.22. The van der Waals surface area contributed by atoms with Crippen LogP contribution in [0.2, 0.25) is 0 Å². The van der Waals surface area contributed by atoms with Crippen molar-refractivity contribution in [2.75, 3.05) is 12.8 Å². The van der Waals surface area contributed by atoms with Gasteiger partial charge in [0.1, 0.15) is 5.00 Å². The summed E-state index contributed by atoms with van der Waals surface area (Å²) in [5, 5.41) is 1.41. The number of nitrogen functional groups attached to an aromatic ring is 1. The molecule has 1 aliphatic rings. The summed E-state index contributed by atoms with van der Waals surface area (Å²) < 4.78 is 4.61. The van der Waals surface area contributed by atoms with Gasteiger partial charge in [-0.1, -0.05) is 13.8 Å². The van der Waals surface area contributed by atoms with Crippen LogP contribution in [0, 0.1) is 5.41 Å². The lowest BCUT2D eigenvalue weighted by Gasteiger charge is -1.97. The predicted molar refractivity (Wildman–Crippen MR) is 59.0 cm³/mol. The van der Waals surface area contributed by atoms with E-state index in [1.807, 2.05) is 0 Å². The normalized spacial score (nSPS) is 22.5. The number of methoxy groups -OCH3 is 1. The maximum absolute atomic E-state index is 11.3. The van der Waals surface area contributed by atoms with Crippen molar-refractivity contribution >= 4 is 22.3 Å². The number of carbonyl (C=O) groups is 1. The van der Waals surface area contributed by atoms with E-state index in [2.05, 4.69) is 23.6 Å². The Bertz CT molecular complexity index is 412. The van der Waals surface area contributed by atoms with Crippen molar-refractivity contribution in [2.45, 2.75) is 26.2 Å². The van der Waals surface area contributed by atoms with Crippen LogP contribution in [-0.4, -0.2) is 18.1 Å². The Hall–Kier alpha value is -1.10. The zero-order chi connectivity index (χ0) is 11.2. The van der Waals surface area contributed by atoms with Crippen molar-refractivity contribution in [2.24, 2.45) is 5.41 Å². The minimum absolute atomic E-state index is 0.264. The molecule has 0 saturated heterocycles. The first-order valence-corrected chi connectivity index (χ1v) is 5.62. The first-order valence-electron chi connectivity index (χ1n) is 4.80. The molecule has 0 amide bonds. The van der Waals surface area contributed by atoms with Crippen LogP contribution in [0.1, 0.15) is 41.7 Å². The van der Waals surface area contributed by atoms with E-state index in [0.717, 1.165) is 11.4 Å². The summed E-state index contributed by atoms with van der Waals surface area (Å²) in [6.45, 7) is 4.38. The number of carbonyl (C=O) groups excluding carboxylic acids is 1. The van der Waals surface area contributed by atoms with Gasteiger partial charge in [-0.25, -0.2) is 9.78 Å². The van der Waals surface area contributed by atoms with E-state index in [9.17, 15) is 4.79 Å². The highest BCUT2D eigenvalue weighted by Crippen LogP contribution is 2.59. The van der Waals surface area contributed by atoms with Crippen LogP contribution in [0.3, 0.4) is 0 Å². The first-order chi connectivity index (χ1) is 6.95. The molecule has 4 nitrogen and oxygen atoms in total. The molecule has 1 fully saturated rings. The van der Waals surface area contributed by atoms with Crippen molar-refractivity contribution in [1.29, 1.82) is 0 Å². The number of hydrogen-bond donors (Lipinski definition) is 1. The van der Waals surface area contributed by atoms with Gasteiger partial charge in [0.05, 0.1) is 12.1 Å². The largest absolute Gasteiger partial charge is 0.464 e.